The number of allylic oxidation sites excluding steroid dienone is 1. The maximum atomic E-state index is 11.4. The molecule has 0 heterocycles. The SMILES string of the molecule is C=C(O)C=CC(=O)O[C@H]1CC[C@H]2[C@@H]1CC[C@@H]2O. The molecule has 2 fully saturated rings. The van der Waals surface area contributed by atoms with Crippen molar-refractivity contribution in [3.05, 3.63) is 24.5 Å². The molecule has 4 nitrogen and oxygen atoms in total. The van der Waals surface area contributed by atoms with E-state index in [1.807, 2.05) is 0 Å². The van der Waals surface area contributed by atoms with E-state index in [-0.39, 0.29) is 18.0 Å². The molecule has 0 aromatic rings. The van der Waals surface area contributed by atoms with Gasteiger partial charge in [-0.15, -0.1) is 0 Å². The largest absolute Gasteiger partial charge is 0.509 e. The van der Waals surface area contributed by atoms with Crippen molar-refractivity contribution in [2.45, 2.75) is 37.9 Å². The number of rotatable bonds is 3. The molecule has 17 heavy (non-hydrogen) atoms. The van der Waals surface area contributed by atoms with Crippen LogP contribution < -0.4 is 0 Å². The fourth-order valence-electron chi connectivity index (χ4n) is 3.01. The topological polar surface area (TPSA) is 66.8 Å². The highest BCUT2D eigenvalue weighted by molar-refractivity contribution is 5.82. The molecule has 0 aliphatic heterocycles. The van der Waals surface area contributed by atoms with Gasteiger partial charge < -0.3 is 14.9 Å². The zero-order valence-electron chi connectivity index (χ0n) is 9.71. The van der Waals surface area contributed by atoms with Crippen LogP contribution in [-0.2, 0) is 9.53 Å². The van der Waals surface area contributed by atoms with Crippen molar-refractivity contribution >= 4 is 5.97 Å². The number of esters is 1. The van der Waals surface area contributed by atoms with Gasteiger partial charge in [0.25, 0.3) is 0 Å². The number of carbonyl (C=O) groups excluding carboxylic acids is 1. The predicted molar refractivity (Wildman–Crippen MR) is 62.2 cm³/mol. The van der Waals surface area contributed by atoms with Gasteiger partial charge in [-0.25, -0.2) is 4.79 Å². The molecular formula is C13H18O4. The van der Waals surface area contributed by atoms with Gasteiger partial charge >= 0.3 is 5.97 Å². The Morgan fingerprint density at radius 2 is 1.88 bits per heavy atom. The highest BCUT2D eigenvalue weighted by Gasteiger charge is 2.45. The van der Waals surface area contributed by atoms with Crippen molar-refractivity contribution in [1.29, 1.82) is 0 Å². The number of ether oxygens (including phenoxy) is 1. The first kappa shape index (κ1) is 12.2. The molecule has 2 saturated carbocycles. The van der Waals surface area contributed by atoms with E-state index in [9.17, 15) is 9.90 Å². The quantitative estimate of drug-likeness (QED) is 0.340. The highest BCUT2D eigenvalue weighted by atomic mass is 16.5. The summed E-state index contributed by atoms with van der Waals surface area (Å²) >= 11 is 0. The minimum absolute atomic E-state index is 0.0822. The van der Waals surface area contributed by atoms with Crippen molar-refractivity contribution in [3.63, 3.8) is 0 Å². The van der Waals surface area contributed by atoms with Gasteiger partial charge in [0.05, 0.1) is 6.10 Å². The number of aliphatic hydroxyl groups is 2. The van der Waals surface area contributed by atoms with E-state index < -0.39 is 5.97 Å². The van der Waals surface area contributed by atoms with Crippen molar-refractivity contribution in [1.82, 2.24) is 0 Å². The number of fused-ring (bicyclic) bond motifs is 1. The first-order valence-electron chi connectivity index (χ1n) is 6.02. The van der Waals surface area contributed by atoms with Crippen LogP contribution in [0.15, 0.2) is 24.5 Å². The average molecular weight is 238 g/mol. The van der Waals surface area contributed by atoms with Gasteiger partial charge in [0, 0.05) is 12.0 Å². The van der Waals surface area contributed by atoms with E-state index in [1.165, 1.54) is 12.2 Å². The average Bonchev–Trinajstić information content (AvgIpc) is 2.81. The molecule has 2 aliphatic rings. The van der Waals surface area contributed by atoms with Crippen LogP contribution in [0.5, 0.6) is 0 Å². The Balaban J connectivity index is 1.88. The highest BCUT2D eigenvalue weighted by Crippen LogP contribution is 2.45. The molecule has 0 amide bonds. The third-order valence-corrected chi connectivity index (χ3v) is 3.78. The molecule has 0 aromatic heterocycles. The van der Waals surface area contributed by atoms with Crippen LogP contribution in [0, 0.1) is 11.8 Å². The fourth-order valence-corrected chi connectivity index (χ4v) is 3.01. The van der Waals surface area contributed by atoms with E-state index in [0.717, 1.165) is 25.7 Å². The van der Waals surface area contributed by atoms with Crippen LogP contribution >= 0.6 is 0 Å². The maximum Gasteiger partial charge on any atom is 0.331 e. The van der Waals surface area contributed by atoms with Crippen LogP contribution in [0.2, 0.25) is 0 Å². The fraction of sp³-hybridized carbons (Fsp3) is 0.615. The molecule has 0 saturated heterocycles. The summed E-state index contributed by atoms with van der Waals surface area (Å²) in [6.45, 7) is 3.25. The predicted octanol–water partition coefficient (Wildman–Crippen LogP) is 1.71. The molecule has 0 bridgehead atoms. The number of aliphatic hydroxyl groups excluding tert-OH is 2. The van der Waals surface area contributed by atoms with E-state index in [2.05, 4.69) is 6.58 Å². The standard InChI is InChI=1S/C13H18O4/c1-8(14)2-7-13(16)17-12-6-4-9-10(12)3-5-11(9)15/h2,7,9-12,14-15H,1,3-6H2/t9-,10-,11-,12-/m0/s1. The number of hydrogen-bond acceptors (Lipinski definition) is 4. The first-order chi connectivity index (χ1) is 8.08. The minimum atomic E-state index is -0.452. The Hall–Kier alpha value is -1.29. The lowest BCUT2D eigenvalue weighted by Gasteiger charge is -2.18. The van der Waals surface area contributed by atoms with E-state index >= 15 is 0 Å². The Morgan fingerprint density at radius 3 is 2.59 bits per heavy atom. The third kappa shape index (κ3) is 2.69. The lowest BCUT2D eigenvalue weighted by Crippen LogP contribution is -2.23. The lowest BCUT2D eigenvalue weighted by atomic mass is 9.98. The van der Waals surface area contributed by atoms with Crippen molar-refractivity contribution in [2.75, 3.05) is 0 Å². The summed E-state index contributed by atoms with van der Waals surface area (Å²) in [4.78, 5) is 11.4. The van der Waals surface area contributed by atoms with E-state index in [0.29, 0.717) is 11.8 Å². The van der Waals surface area contributed by atoms with Crippen LogP contribution in [0.1, 0.15) is 25.7 Å². The van der Waals surface area contributed by atoms with Crippen LogP contribution in [0.4, 0.5) is 0 Å². The van der Waals surface area contributed by atoms with Crippen LogP contribution in [0.25, 0.3) is 0 Å². The summed E-state index contributed by atoms with van der Waals surface area (Å²) < 4.78 is 5.33. The second kappa shape index (κ2) is 4.92. The molecule has 0 radical (unpaired) electrons. The summed E-state index contributed by atoms with van der Waals surface area (Å²) in [6.07, 6.45) is 5.59. The molecule has 2 aliphatic carbocycles. The van der Waals surface area contributed by atoms with Crippen molar-refractivity contribution in [2.24, 2.45) is 11.8 Å². The van der Waals surface area contributed by atoms with Gasteiger partial charge in [-0.05, 0) is 37.7 Å². The molecule has 94 valence electrons. The van der Waals surface area contributed by atoms with Gasteiger partial charge in [-0.1, -0.05) is 6.58 Å². The zero-order valence-corrected chi connectivity index (χ0v) is 9.71. The second-order valence-electron chi connectivity index (χ2n) is 4.85. The van der Waals surface area contributed by atoms with Gasteiger partial charge in [-0.2, -0.15) is 0 Å². The van der Waals surface area contributed by atoms with Gasteiger partial charge in [0.1, 0.15) is 11.9 Å². The number of hydrogen-bond donors (Lipinski definition) is 2. The summed E-state index contributed by atoms with van der Waals surface area (Å²) in [7, 11) is 0. The van der Waals surface area contributed by atoms with Crippen LogP contribution in [-0.4, -0.2) is 28.4 Å². The van der Waals surface area contributed by atoms with Gasteiger partial charge in [-0.3, -0.25) is 0 Å². The third-order valence-electron chi connectivity index (χ3n) is 3.78. The summed E-state index contributed by atoms with van der Waals surface area (Å²) in [5.74, 6) is -0.0148. The lowest BCUT2D eigenvalue weighted by molar-refractivity contribution is -0.144. The molecule has 4 atom stereocenters. The monoisotopic (exact) mass is 238 g/mol. The Morgan fingerprint density at radius 1 is 1.18 bits per heavy atom. The molecule has 0 aromatic carbocycles. The first-order valence-corrected chi connectivity index (χ1v) is 6.02. The normalized spacial score (nSPS) is 36.1. The Bertz CT molecular complexity index is 347. The molecule has 2 N–H and O–H groups in total. The minimum Gasteiger partial charge on any atom is -0.509 e. The molecule has 4 heteroatoms. The van der Waals surface area contributed by atoms with E-state index in [4.69, 9.17) is 9.84 Å². The molecular weight excluding hydrogens is 220 g/mol. The van der Waals surface area contributed by atoms with Crippen molar-refractivity contribution in [3.8, 4) is 0 Å². The van der Waals surface area contributed by atoms with Gasteiger partial charge in [0.2, 0.25) is 0 Å². The summed E-state index contributed by atoms with van der Waals surface area (Å²) in [5.41, 5.74) is 0. The van der Waals surface area contributed by atoms with Crippen molar-refractivity contribution < 1.29 is 19.7 Å². The molecule has 2 rings (SSSR count). The molecule has 0 unspecified atom stereocenters. The van der Waals surface area contributed by atoms with E-state index in [1.54, 1.807) is 0 Å². The summed E-state index contributed by atoms with van der Waals surface area (Å²) in [6, 6.07) is 0. The number of carbonyl (C=O) groups is 1. The second-order valence-corrected chi connectivity index (χ2v) is 4.85. The Labute approximate surface area is 101 Å². The Kier molecular flexibility index (Phi) is 3.52. The zero-order chi connectivity index (χ0) is 12.4. The summed E-state index contributed by atoms with van der Waals surface area (Å²) in [5, 5.41) is 18.6. The van der Waals surface area contributed by atoms with Crippen LogP contribution in [0.3, 0.4) is 0 Å². The molecule has 0 spiro atoms. The van der Waals surface area contributed by atoms with Gasteiger partial charge in [0.15, 0.2) is 0 Å². The maximum absolute atomic E-state index is 11.4. The smallest absolute Gasteiger partial charge is 0.331 e.